The van der Waals surface area contributed by atoms with E-state index >= 15 is 0 Å². The van der Waals surface area contributed by atoms with Gasteiger partial charge in [0.05, 0.1) is 0 Å². The molecule has 0 aromatic heterocycles. The minimum absolute atomic E-state index is 0.0603. The topological polar surface area (TPSA) is 18.5 Å². The van der Waals surface area contributed by atoms with E-state index in [1.165, 1.54) is 16.3 Å². The van der Waals surface area contributed by atoms with Gasteiger partial charge in [-0.25, -0.2) is 0 Å². The molecule has 0 aliphatic carbocycles. The Hall–Kier alpha value is -1.42. The second-order valence-corrected chi connectivity index (χ2v) is 5.96. The van der Waals surface area contributed by atoms with Crippen molar-refractivity contribution < 1.29 is 9.47 Å². The van der Waals surface area contributed by atoms with Crippen LogP contribution in [0.4, 0.5) is 0 Å². The van der Waals surface area contributed by atoms with E-state index in [2.05, 4.69) is 48.5 Å². The van der Waals surface area contributed by atoms with Crippen LogP contribution in [0.5, 0.6) is 0 Å². The van der Waals surface area contributed by atoms with Crippen molar-refractivity contribution in [2.24, 2.45) is 0 Å². The second-order valence-electron chi connectivity index (χ2n) is 4.13. The predicted octanol–water partition coefficient (Wildman–Crippen LogP) is 1.72. The van der Waals surface area contributed by atoms with Gasteiger partial charge in [0.1, 0.15) is 15.4 Å². The molecular formula is C15H18O2Si. The molecule has 2 nitrogen and oxygen atoms in total. The van der Waals surface area contributed by atoms with Crippen molar-refractivity contribution in [2.45, 2.75) is 5.91 Å². The highest BCUT2D eigenvalue weighted by atomic mass is 28.2. The van der Waals surface area contributed by atoms with E-state index in [-0.39, 0.29) is 5.91 Å². The van der Waals surface area contributed by atoms with Gasteiger partial charge in [-0.2, -0.15) is 0 Å². The van der Waals surface area contributed by atoms with Crippen LogP contribution in [0.25, 0.3) is 11.1 Å². The summed E-state index contributed by atoms with van der Waals surface area (Å²) >= 11 is 0. The van der Waals surface area contributed by atoms with Crippen LogP contribution >= 0.6 is 0 Å². The molecule has 0 radical (unpaired) electrons. The fourth-order valence-corrected chi connectivity index (χ4v) is 3.55. The summed E-state index contributed by atoms with van der Waals surface area (Å²) in [6, 6.07) is 19.0. The summed E-state index contributed by atoms with van der Waals surface area (Å²) in [6.45, 7) is 0. The summed E-state index contributed by atoms with van der Waals surface area (Å²) < 4.78 is 10.7. The van der Waals surface area contributed by atoms with Gasteiger partial charge in [-0.15, -0.1) is 0 Å². The van der Waals surface area contributed by atoms with Crippen LogP contribution in [0.1, 0.15) is 0 Å². The van der Waals surface area contributed by atoms with Gasteiger partial charge in [0.2, 0.25) is 0 Å². The second kappa shape index (κ2) is 6.49. The Morgan fingerprint density at radius 3 is 2.11 bits per heavy atom. The van der Waals surface area contributed by atoms with Gasteiger partial charge in [0.15, 0.2) is 0 Å². The van der Waals surface area contributed by atoms with E-state index in [0.717, 1.165) is 0 Å². The summed E-state index contributed by atoms with van der Waals surface area (Å²) in [5, 5.41) is 1.37. The van der Waals surface area contributed by atoms with E-state index in [1.807, 2.05) is 6.07 Å². The fourth-order valence-electron chi connectivity index (χ4n) is 2.04. The van der Waals surface area contributed by atoms with Crippen molar-refractivity contribution in [2.75, 3.05) is 14.2 Å². The molecule has 0 aliphatic rings. The first kappa shape index (κ1) is 13.0. The molecular weight excluding hydrogens is 240 g/mol. The molecule has 3 heteroatoms. The molecule has 0 unspecified atom stereocenters. The molecule has 94 valence electrons. The van der Waals surface area contributed by atoms with Crippen LogP contribution in [0.3, 0.4) is 0 Å². The van der Waals surface area contributed by atoms with Gasteiger partial charge >= 0.3 is 0 Å². The first-order valence-corrected chi connectivity index (χ1v) is 7.56. The Kier molecular flexibility index (Phi) is 4.70. The Balaban J connectivity index is 2.31. The Bertz CT molecular complexity index is 481. The monoisotopic (exact) mass is 258 g/mol. The lowest BCUT2D eigenvalue weighted by Crippen LogP contribution is -2.32. The first-order chi connectivity index (χ1) is 8.85. The van der Waals surface area contributed by atoms with Gasteiger partial charge in [0.25, 0.3) is 0 Å². The molecule has 18 heavy (non-hydrogen) atoms. The van der Waals surface area contributed by atoms with Gasteiger partial charge in [0, 0.05) is 14.2 Å². The van der Waals surface area contributed by atoms with Crippen molar-refractivity contribution in [3.05, 3.63) is 54.6 Å². The Morgan fingerprint density at radius 2 is 1.44 bits per heavy atom. The normalized spacial score (nSPS) is 11.5. The maximum absolute atomic E-state index is 5.33. The summed E-state index contributed by atoms with van der Waals surface area (Å²) in [5.41, 5.74) is 2.55. The van der Waals surface area contributed by atoms with E-state index in [0.29, 0.717) is 0 Å². The summed E-state index contributed by atoms with van der Waals surface area (Å²) in [5.74, 6) is -0.0603. The maximum Gasteiger partial charge on any atom is 0.139 e. The zero-order valence-electron chi connectivity index (χ0n) is 10.8. The van der Waals surface area contributed by atoms with Crippen molar-refractivity contribution in [3.63, 3.8) is 0 Å². The van der Waals surface area contributed by atoms with Crippen LogP contribution in [0.15, 0.2) is 54.6 Å². The molecule has 0 aliphatic heterocycles. The van der Waals surface area contributed by atoms with E-state index < -0.39 is 9.52 Å². The number of hydrogen-bond acceptors (Lipinski definition) is 2. The minimum Gasteiger partial charge on any atom is -0.360 e. The minimum atomic E-state index is -0.615. The molecule has 0 saturated carbocycles. The molecule has 0 bridgehead atoms. The van der Waals surface area contributed by atoms with Crippen LogP contribution < -0.4 is 5.19 Å². The highest BCUT2D eigenvalue weighted by Crippen LogP contribution is 2.16. The van der Waals surface area contributed by atoms with Gasteiger partial charge in [-0.05, 0) is 11.1 Å². The average molecular weight is 258 g/mol. The molecule has 0 N–H and O–H groups in total. The largest absolute Gasteiger partial charge is 0.360 e. The molecule has 2 rings (SSSR count). The number of methoxy groups -OCH3 is 2. The van der Waals surface area contributed by atoms with Crippen molar-refractivity contribution in [1.29, 1.82) is 0 Å². The van der Waals surface area contributed by atoms with Crippen LogP contribution in [0, 0.1) is 0 Å². The quantitative estimate of drug-likeness (QED) is 0.600. The predicted molar refractivity (Wildman–Crippen MR) is 77.9 cm³/mol. The zero-order chi connectivity index (χ0) is 12.8. The van der Waals surface area contributed by atoms with E-state index in [4.69, 9.17) is 9.47 Å². The number of ether oxygens (including phenoxy) is 2. The third-order valence-corrected chi connectivity index (χ3v) is 5.07. The molecule has 0 fully saturated rings. The number of hydrogen-bond donors (Lipinski definition) is 0. The molecule has 0 saturated heterocycles. The smallest absolute Gasteiger partial charge is 0.139 e. The lowest BCUT2D eigenvalue weighted by atomic mass is 10.1. The summed E-state index contributed by atoms with van der Waals surface area (Å²) in [7, 11) is 2.79. The van der Waals surface area contributed by atoms with Crippen LogP contribution in [-0.2, 0) is 9.47 Å². The zero-order valence-corrected chi connectivity index (χ0v) is 12.2. The highest BCUT2D eigenvalue weighted by molar-refractivity contribution is 6.56. The van der Waals surface area contributed by atoms with E-state index in [9.17, 15) is 0 Å². The maximum atomic E-state index is 5.33. The molecule has 0 heterocycles. The number of benzene rings is 2. The Morgan fingerprint density at radius 1 is 0.833 bits per heavy atom. The molecule has 2 aromatic rings. The number of rotatable bonds is 5. The molecule has 0 atom stereocenters. The van der Waals surface area contributed by atoms with Crippen LogP contribution in [-0.4, -0.2) is 29.7 Å². The third-order valence-electron chi connectivity index (χ3n) is 3.01. The average Bonchev–Trinajstić information content (AvgIpc) is 2.46. The van der Waals surface area contributed by atoms with Gasteiger partial charge in [-0.1, -0.05) is 59.8 Å². The highest BCUT2D eigenvalue weighted by Gasteiger charge is 2.11. The van der Waals surface area contributed by atoms with Crippen molar-refractivity contribution >= 4 is 14.7 Å². The third kappa shape index (κ3) is 3.07. The fraction of sp³-hybridized carbons (Fsp3) is 0.200. The summed E-state index contributed by atoms with van der Waals surface area (Å²) in [4.78, 5) is 0. The Labute approximate surface area is 110 Å². The summed E-state index contributed by atoms with van der Waals surface area (Å²) in [6.07, 6.45) is 0. The first-order valence-electron chi connectivity index (χ1n) is 6.04. The molecule has 0 spiro atoms. The molecule has 0 amide bonds. The van der Waals surface area contributed by atoms with Crippen molar-refractivity contribution in [3.8, 4) is 11.1 Å². The SMILES string of the molecule is COC(OC)[SiH2]c1ccccc1-c1ccccc1. The standard InChI is InChI=1S/C15H18O2Si/c1-16-15(17-2)18-14-11-7-6-10-13(14)12-8-4-3-5-9-12/h3-11,15H,18H2,1-2H3. The molecule has 2 aromatic carbocycles. The van der Waals surface area contributed by atoms with E-state index in [1.54, 1.807) is 14.2 Å². The van der Waals surface area contributed by atoms with Gasteiger partial charge in [-0.3, -0.25) is 0 Å². The van der Waals surface area contributed by atoms with Crippen molar-refractivity contribution in [1.82, 2.24) is 0 Å². The van der Waals surface area contributed by atoms with Crippen LogP contribution in [0.2, 0.25) is 0 Å². The lowest BCUT2D eigenvalue weighted by Gasteiger charge is -2.15. The lowest BCUT2D eigenvalue weighted by molar-refractivity contribution is -0.0429. The van der Waals surface area contributed by atoms with Gasteiger partial charge < -0.3 is 9.47 Å².